The van der Waals surface area contributed by atoms with E-state index < -0.39 is 0 Å². The van der Waals surface area contributed by atoms with E-state index in [0.29, 0.717) is 29.0 Å². The Hall–Kier alpha value is -2.12. The number of nitrogens with one attached hydrogen (secondary N) is 1. The van der Waals surface area contributed by atoms with Crippen LogP contribution in [-0.4, -0.2) is 57.6 Å². The van der Waals surface area contributed by atoms with Crippen molar-refractivity contribution in [2.45, 2.75) is 45.7 Å². The number of fused-ring (bicyclic) bond motifs is 1. The predicted octanol–water partition coefficient (Wildman–Crippen LogP) is 3.16. The van der Waals surface area contributed by atoms with Crippen molar-refractivity contribution in [1.82, 2.24) is 24.7 Å². The molecule has 158 valence electrons. The maximum absolute atomic E-state index is 12.8. The number of urea groups is 1. The molecule has 0 bridgehead atoms. The standard InChI is InChI=1S/C21H30ClN5O2/c1-5-6-9-23-21(29)27-11-10-26(13-14(27)2)15(3)19-24-18-8-7-16(22)12-17(18)20(28)25(19)4/h7-8,12,14-15H,5-6,9-11,13H2,1-4H3,(H,23,29). The van der Waals surface area contributed by atoms with Gasteiger partial charge in [0.2, 0.25) is 0 Å². The number of carbonyl (C=O) groups excluding carboxylic acids is 1. The summed E-state index contributed by atoms with van der Waals surface area (Å²) in [6.45, 7) is 9.07. The van der Waals surface area contributed by atoms with Crippen LogP contribution in [0.4, 0.5) is 4.79 Å². The molecule has 1 aromatic heterocycles. The van der Waals surface area contributed by atoms with E-state index in [4.69, 9.17) is 16.6 Å². The summed E-state index contributed by atoms with van der Waals surface area (Å²) in [7, 11) is 1.75. The van der Waals surface area contributed by atoms with Crippen molar-refractivity contribution in [3.8, 4) is 0 Å². The minimum atomic E-state index is -0.0960. The Kier molecular flexibility index (Phi) is 6.80. The molecule has 1 saturated heterocycles. The van der Waals surface area contributed by atoms with Gasteiger partial charge in [-0.1, -0.05) is 24.9 Å². The highest BCUT2D eigenvalue weighted by Crippen LogP contribution is 2.23. The van der Waals surface area contributed by atoms with Crippen molar-refractivity contribution in [3.63, 3.8) is 0 Å². The first-order chi connectivity index (χ1) is 13.8. The second kappa shape index (κ2) is 9.13. The Labute approximate surface area is 176 Å². The fraction of sp³-hybridized carbons (Fsp3) is 0.571. The summed E-state index contributed by atoms with van der Waals surface area (Å²) in [5, 5.41) is 4.05. The van der Waals surface area contributed by atoms with Crippen LogP contribution >= 0.6 is 11.6 Å². The molecule has 2 unspecified atom stereocenters. The summed E-state index contributed by atoms with van der Waals surface area (Å²) in [4.78, 5) is 34.2. The average Bonchev–Trinajstić information content (AvgIpc) is 2.70. The lowest BCUT2D eigenvalue weighted by Crippen LogP contribution is -2.57. The van der Waals surface area contributed by atoms with Crippen molar-refractivity contribution < 1.29 is 4.79 Å². The lowest BCUT2D eigenvalue weighted by atomic mass is 10.1. The van der Waals surface area contributed by atoms with E-state index in [1.165, 1.54) is 0 Å². The maximum atomic E-state index is 12.8. The maximum Gasteiger partial charge on any atom is 0.317 e. The number of carbonyl (C=O) groups is 1. The minimum Gasteiger partial charge on any atom is -0.338 e. The van der Waals surface area contributed by atoms with Gasteiger partial charge in [-0.3, -0.25) is 14.3 Å². The lowest BCUT2D eigenvalue weighted by molar-refractivity contribution is 0.0749. The summed E-state index contributed by atoms with van der Waals surface area (Å²) in [5.41, 5.74) is 0.558. The van der Waals surface area contributed by atoms with Gasteiger partial charge in [0.05, 0.1) is 16.9 Å². The SMILES string of the molecule is CCCCNC(=O)N1CCN(C(C)c2nc3ccc(Cl)cc3c(=O)n2C)CC1C. The summed E-state index contributed by atoms with van der Waals surface area (Å²) in [6, 6.07) is 5.26. The quantitative estimate of drug-likeness (QED) is 0.755. The van der Waals surface area contributed by atoms with Gasteiger partial charge in [-0.2, -0.15) is 0 Å². The zero-order chi connectivity index (χ0) is 21.1. The smallest absolute Gasteiger partial charge is 0.317 e. The molecule has 2 amide bonds. The minimum absolute atomic E-state index is 0.00589. The predicted molar refractivity (Wildman–Crippen MR) is 116 cm³/mol. The molecule has 1 aliphatic heterocycles. The zero-order valence-electron chi connectivity index (χ0n) is 17.6. The molecule has 0 saturated carbocycles. The van der Waals surface area contributed by atoms with Crippen LogP contribution < -0.4 is 10.9 Å². The van der Waals surface area contributed by atoms with Gasteiger partial charge in [-0.05, 0) is 38.5 Å². The van der Waals surface area contributed by atoms with E-state index >= 15 is 0 Å². The third-order valence-electron chi connectivity index (χ3n) is 5.72. The van der Waals surface area contributed by atoms with Crippen LogP contribution in [0.3, 0.4) is 0 Å². The monoisotopic (exact) mass is 419 g/mol. The molecular formula is C21H30ClN5O2. The largest absolute Gasteiger partial charge is 0.338 e. The van der Waals surface area contributed by atoms with Gasteiger partial charge in [0.25, 0.3) is 5.56 Å². The molecule has 3 rings (SSSR count). The Morgan fingerprint density at radius 3 is 2.83 bits per heavy atom. The fourth-order valence-electron chi connectivity index (χ4n) is 3.91. The first-order valence-electron chi connectivity index (χ1n) is 10.3. The normalized spacial score (nSPS) is 18.8. The molecule has 1 aromatic carbocycles. The molecule has 1 aliphatic rings. The number of benzene rings is 1. The van der Waals surface area contributed by atoms with Crippen LogP contribution in [0.1, 0.15) is 45.5 Å². The number of hydrogen-bond donors (Lipinski definition) is 1. The van der Waals surface area contributed by atoms with Crippen LogP contribution in [0.25, 0.3) is 10.9 Å². The number of aromatic nitrogens is 2. The third kappa shape index (κ3) is 4.56. The molecule has 0 spiro atoms. The van der Waals surface area contributed by atoms with Gasteiger partial charge < -0.3 is 10.2 Å². The molecule has 2 aromatic rings. The van der Waals surface area contributed by atoms with Gasteiger partial charge in [0, 0.05) is 44.3 Å². The van der Waals surface area contributed by atoms with E-state index in [0.717, 1.165) is 31.8 Å². The van der Waals surface area contributed by atoms with Crippen molar-refractivity contribution in [2.24, 2.45) is 7.05 Å². The molecule has 2 atom stereocenters. The lowest BCUT2D eigenvalue weighted by Gasteiger charge is -2.42. The molecule has 1 N–H and O–H groups in total. The number of halogens is 1. The van der Waals surface area contributed by atoms with E-state index in [9.17, 15) is 9.59 Å². The molecule has 8 heteroatoms. The Bertz CT molecular complexity index is 945. The zero-order valence-corrected chi connectivity index (χ0v) is 18.4. The molecule has 2 heterocycles. The molecule has 1 fully saturated rings. The van der Waals surface area contributed by atoms with Crippen molar-refractivity contribution >= 4 is 28.5 Å². The highest BCUT2D eigenvalue weighted by molar-refractivity contribution is 6.31. The van der Waals surface area contributed by atoms with E-state index in [-0.39, 0.29) is 23.7 Å². The highest BCUT2D eigenvalue weighted by Gasteiger charge is 2.31. The Morgan fingerprint density at radius 2 is 2.14 bits per heavy atom. The van der Waals surface area contributed by atoms with Gasteiger partial charge in [0.1, 0.15) is 5.82 Å². The Balaban J connectivity index is 1.76. The Morgan fingerprint density at radius 1 is 1.38 bits per heavy atom. The third-order valence-corrected chi connectivity index (χ3v) is 5.96. The fourth-order valence-corrected chi connectivity index (χ4v) is 4.08. The summed E-state index contributed by atoms with van der Waals surface area (Å²) >= 11 is 6.04. The number of rotatable bonds is 5. The van der Waals surface area contributed by atoms with Crippen LogP contribution in [0, 0.1) is 0 Å². The van der Waals surface area contributed by atoms with E-state index in [1.807, 2.05) is 4.90 Å². The van der Waals surface area contributed by atoms with Crippen molar-refractivity contribution in [1.29, 1.82) is 0 Å². The molecule has 0 radical (unpaired) electrons. The number of piperazine rings is 1. The molecule has 0 aliphatic carbocycles. The number of nitrogens with zero attached hydrogens (tertiary/aromatic N) is 4. The van der Waals surface area contributed by atoms with Crippen molar-refractivity contribution in [2.75, 3.05) is 26.2 Å². The van der Waals surface area contributed by atoms with Crippen LogP contribution in [0.5, 0.6) is 0 Å². The van der Waals surface area contributed by atoms with Gasteiger partial charge in [0.15, 0.2) is 0 Å². The highest BCUT2D eigenvalue weighted by atomic mass is 35.5. The van der Waals surface area contributed by atoms with Gasteiger partial charge in [-0.15, -0.1) is 0 Å². The number of unbranched alkanes of at least 4 members (excludes halogenated alkanes) is 1. The van der Waals surface area contributed by atoms with Gasteiger partial charge >= 0.3 is 6.03 Å². The first-order valence-corrected chi connectivity index (χ1v) is 10.7. The van der Waals surface area contributed by atoms with Crippen LogP contribution in [0.15, 0.2) is 23.0 Å². The van der Waals surface area contributed by atoms with Crippen LogP contribution in [-0.2, 0) is 7.05 Å². The topological polar surface area (TPSA) is 70.5 Å². The number of hydrogen-bond acceptors (Lipinski definition) is 4. The molecule has 7 nitrogen and oxygen atoms in total. The second-order valence-electron chi connectivity index (χ2n) is 7.79. The average molecular weight is 420 g/mol. The van der Waals surface area contributed by atoms with E-state index in [1.54, 1.807) is 29.8 Å². The molecule has 29 heavy (non-hydrogen) atoms. The summed E-state index contributed by atoms with van der Waals surface area (Å²) in [6.07, 6.45) is 2.05. The second-order valence-corrected chi connectivity index (χ2v) is 8.23. The van der Waals surface area contributed by atoms with Crippen LogP contribution in [0.2, 0.25) is 5.02 Å². The first kappa shape index (κ1) is 21.6. The number of amides is 2. The summed E-state index contributed by atoms with van der Waals surface area (Å²) < 4.78 is 1.61. The summed E-state index contributed by atoms with van der Waals surface area (Å²) in [5.74, 6) is 0.720. The van der Waals surface area contributed by atoms with E-state index in [2.05, 4.69) is 31.0 Å². The van der Waals surface area contributed by atoms with Gasteiger partial charge in [-0.25, -0.2) is 9.78 Å². The molecular weight excluding hydrogens is 390 g/mol. The van der Waals surface area contributed by atoms with Crippen molar-refractivity contribution in [3.05, 3.63) is 39.4 Å².